The van der Waals surface area contributed by atoms with Gasteiger partial charge < -0.3 is 9.47 Å². The van der Waals surface area contributed by atoms with E-state index >= 15 is 0 Å². The van der Waals surface area contributed by atoms with Crippen LogP contribution >= 0.6 is 0 Å². The summed E-state index contributed by atoms with van der Waals surface area (Å²) < 4.78 is 10.7. The lowest BCUT2D eigenvalue weighted by atomic mass is 9.98. The van der Waals surface area contributed by atoms with Gasteiger partial charge in [0.05, 0.1) is 11.7 Å². The lowest BCUT2D eigenvalue weighted by molar-refractivity contribution is -0.150. The molecule has 0 aromatic heterocycles. The second kappa shape index (κ2) is 6.45. The molecule has 0 aliphatic carbocycles. The number of carbonyl (C=O) groups excluding carboxylic acids is 1. The molecule has 20 heavy (non-hydrogen) atoms. The maximum atomic E-state index is 11.0. The van der Waals surface area contributed by atoms with Crippen molar-refractivity contribution in [3.63, 3.8) is 0 Å². The van der Waals surface area contributed by atoms with Crippen molar-refractivity contribution in [3.8, 4) is 12.3 Å². The zero-order chi connectivity index (χ0) is 15.4. The van der Waals surface area contributed by atoms with E-state index in [4.69, 9.17) is 15.9 Å². The Labute approximate surface area is 122 Å². The molecule has 0 spiro atoms. The van der Waals surface area contributed by atoms with Gasteiger partial charge in [-0.1, -0.05) is 17.6 Å². The summed E-state index contributed by atoms with van der Waals surface area (Å²) in [5.41, 5.74) is 0.598. The van der Waals surface area contributed by atoms with E-state index in [1.165, 1.54) is 12.5 Å². The van der Waals surface area contributed by atoms with Crippen molar-refractivity contribution in [2.45, 2.75) is 77.6 Å². The van der Waals surface area contributed by atoms with Crippen LogP contribution in [0.2, 0.25) is 0 Å². The standard InChI is InChI=1S/C17H26O3/c1-7-17(6,19-14(3)18)12-8-9-13(2)10-11-15-16(4,5)20-15/h1,9,15H,8,10-12H2,2-6H3/b13-9+. The summed E-state index contributed by atoms with van der Waals surface area (Å²) in [6.45, 7) is 9.52. The zero-order valence-corrected chi connectivity index (χ0v) is 13.3. The third-order valence-electron chi connectivity index (χ3n) is 3.75. The van der Waals surface area contributed by atoms with Crippen LogP contribution in [0.15, 0.2) is 11.6 Å². The largest absolute Gasteiger partial charge is 0.446 e. The Hall–Kier alpha value is -1.27. The third-order valence-corrected chi connectivity index (χ3v) is 3.75. The summed E-state index contributed by atoms with van der Waals surface area (Å²) in [5, 5.41) is 0. The van der Waals surface area contributed by atoms with Crippen LogP contribution in [-0.2, 0) is 14.3 Å². The molecule has 0 bridgehead atoms. The number of rotatable bonds is 7. The number of hydrogen-bond donors (Lipinski definition) is 0. The minimum absolute atomic E-state index is 0.0671. The molecule has 0 saturated carbocycles. The van der Waals surface area contributed by atoms with Crippen LogP contribution in [0.1, 0.15) is 60.3 Å². The molecule has 0 N–H and O–H groups in total. The normalized spacial score (nSPS) is 23.6. The molecule has 2 atom stereocenters. The molecule has 0 amide bonds. The minimum Gasteiger partial charge on any atom is -0.446 e. The Morgan fingerprint density at radius 3 is 2.55 bits per heavy atom. The zero-order valence-electron chi connectivity index (χ0n) is 13.3. The Balaban J connectivity index is 2.32. The average Bonchev–Trinajstić information content (AvgIpc) is 2.93. The predicted molar refractivity (Wildman–Crippen MR) is 80.2 cm³/mol. The monoisotopic (exact) mass is 278 g/mol. The van der Waals surface area contributed by atoms with Gasteiger partial charge in [-0.3, -0.25) is 4.79 Å². The Morgan fingerprint density at radius 2 is 2.10 bits per heavy atom. The van der Waals surface area contributed by atoms with Crippen LogP contribution in [0.5, 0.6) is 0 Å². The summed E-state index contributed by atoms with van der Waals surface area (Å²) in [6, 6.07) is 0. The van der Waals surface area contributed by atoms with E-state index in [-0.39, 0.29) is 11.6 Å². The lowest BCUT2D eigenvalue weighted by Crippen LogP contribution is -2.28. The van der Waals surface area contributed by atoms with Gasteiger partial charge in [0.25, 0.3) is 0 Å². The van der Waals surface area contributed by atoms with Crippen molar-refractivity contribution in [2.75, 3.05) is 0 Å². The van der Waals surface area contributed by atoms with E-state index in [0.29, 0.717) is 12.5 Å². The molecule has 1 fully saturated rings. The fourth-order valence-electron chi connectivity index (χ4n) is 2.26. The van der Waals surface area contributed by atoms with Gasteiger partial charge in [0.15, 0.2) is 5.60 Å². The van der Waals surface area contributed by atoms with Crippen LogP contribution in [0.4, 0.5) is 0 Å². The van der Waals surface area contributed by atoms with Gasteiger partial charge >= 0.3 is 5.97 Å². The second-order valence-electron chi connectivity index (χ2n) is 6.31. The van der Waals surface area contributed by atoms with Gasteiger partial charge in [0.2, 0.25) is 0 Å². The molecule has 0 aromatic carbocycles. The molecular weight excluding hydrogens is 252 g/mol. The number of ether oxygens (including phenoxy) is 2. The van der Waals surface area contributed by atoms with Crippen molar-refractivity contribution in [2.24, 2.45) is 0 Å². The quantitative estimate of drug-likeness (QED) is 0.309. The number of terminal acetylenes is 1. The molecule has 1 saturated heterocycles. The minimum atomic E-state index is -0.801. The molecule has 0 aromatic rings. The van der Waals surface area contributed by atoms with E-state index in [0.717, 1.165) is 19.3 Å². The van der Waals surface area contributed by atoms with Crippen molar-refractivity contribution in [3.05, 3.63) is 11.6 Å². The van der Waals surface area contributed by atoms with E-state index in [1.54, 1.807) is 6.92 Å². The van der Waals surface area contributed by atoms with Crippen molar-refractivity contribution >= 4 is 5.97 Å². The smallest absolute Gasteiger partial charge is 0.304 e. The fourth-order valence-corrected chi connectivity index (χ4v) is 2.26. The van der Waals surface area contributed by atoms with Crippen molar-refractivity contribution < 1.29 is 14.3 Å². The van der Waals surface area contributed by atoms with Crippen LogP contribution in [0.25, 0.3) is 0 Å². The maximum Gasteiger partial charge on any atom is 0.304 e. The maximum absolute atomic E-state index is 11.0. The average molecular weight is 278 g/mol. The van der Waals surface area contributed by atoms with Gasteiger partial charge in [0, 0.05) is 13.3 Å². The first-order valence-electron chi connectivity index (χ1n) is 7.19. The van der Waals surface area contributed by atoms with E-state index in [9.17, 15) is 4.79 Å². The summed E-state index contributed by atoms with van der Waals surface area (Å²) in [7, 11) is 0. The Bertz CT molecular complexity index is 428. The number of carbonyl (C=O) groups is 1. The molecule has 1 aliphatic rings. The van der Waals surface area contributed by atoms with E-state index in [1.807, 2.05) is 0 Å². The first-order chi connectivity index (χ1) is 9.18. The summed E-state index contributed by atoms with van der Waals surface area (Å²) in [5.74, 6) is 2.23. The fraction of sp³-hybridized carbons (Fsp3) is 0.706. The lowest BCUT2D eigenvalue weighted by Gasteiger charge is -2.22. The van der Waals surface area contributed by atoms with Gasteiger partial charge in [-0.25, -0.2) is 0 Å². The van der Waals surface area contributed by atoms with Crippen LogP contribution in [0, 0.1) is 12.3 Å². The number of esters is 1. The second-order valence-corrected chi connectivity index (χ2v) is 6.31. The topological polar surface area (TPSA) is 38.8 Å². The van der Waals surface area contributed by atoms with Gasteiger partial charge in [-0.05, 0) is 47.0 Å². The Kier molecular flexibility index (Phi) is 5.42. The van der Waals surface area contributed by atoms with E-state index < -0.39 is 5.60 Å². The number of hydrogen-bond acceptors (Lipinski definition) is 3. The highest BCUT2D eigenvalue weighted by atomic mass is 16.6. The third kappa shape index (κ3) is 5.38. The van der Waals surface area contributed by atoms with Gasteiger partial charge in [-0.15, -0.1) is 6.42 Å². The van der Waals surface area contributed by atoms with Crippen molar-refractivity contribution in [1.82, 2.24) is 0 Å². The van der Waals surface area contributed by atoms with Crippen LogP contribution in [0.3, 0.4) is 0 Å². The first kappa shape index (κ1) is 16.8. The van der Waals surface area contributed by atoms with Crippen molar-refractivity contribution in [1.29, 1.82) is 0 Å². The first-order valence-corrected chi connectivity index (χ1v) is 7.19. The highest BCUT2D eigenvalue weighted by Gasteiger charge is 2.46. The molecule has 3 heteroatoms. The highest BCUT2D eigenvalue weighted by molar-refractivity contribution is 5.67. The van der Waals surface area contributed by atoms with Crippen LogP contribution < -0.4 is 0 Å². The molecule has 2 unspecified atom stereocenters. The molecule has 1 heterocycles. The molecular formula is C17H26O3. The SMILES string of the molecule is C#CC(C)(CC/C=C(\C)CCC1OC1(C)C)OC(C)=O. The Morgan fingerprint density at radius 1 is 1.50 bits per heavy atom. The molecule has 1 aliphatic heterocycles. The molecule has 1 rings (SSSR count). The van der Waals surface area contributed by atoms with Gasteiger partial charge in [-0.2, -0.15) is 0 Å². The number of allylic oxidation sites excluding steroid dienone is 2. The molecule has 112 valence electrons. The highest BCUT2D eigenvalue weighted by Crippen LogP contribution is 2.38. The number of epoxide rings is 1. The summed E-state index contributed by atoms with van der Waals surface area (Å²) >= 11 is 0. The van der Waals surface area contributed by atoms with Gasteiger partial charge in [0.1, 0.15) is 0 Å². The molecule has 0 radical (unpaired) electrons. The predicted octanol–water partition coefficient (Wildman–Crippen LogP) is 3.63. The van der Waals surface area contributed by atoms with E-state index in [2.05, 4.69) is 32.8 Å². The summed E-state index contributed by atoms with van der Waals surface area (Å²) in [4.78, 5) is 11.0. The molecule has 3 nitrogen and oxygen atoms in total. The van der Waals surface area contributed by atoms with Crippen LogP contribution in [-0.4, -0.2) is 23.3 Å². The summed E-state index contributed by atoms with van der Waals surface area (Å²) in [6.07, 6.45) is 11.6.